The first-order chi connectivity index (χ1) is 9.43. The number of hydrogen-bond acceptors (Lipinski definition) is 4. The summed E-state index contributed by atoms with van der Waals surface area (Å²) in [4.78, 5) is 4.30. The number of nitrogens with zero attached hydrogens (tertiary/aromatic N) is 2. The molecule has 0 aromatic heterocycles. The van der Waals surface area contributed by atoms with Crippen molar-refractivity contribution in [2.45, 2.75) is 39.5 Å². The van der Waals surface area contributed by atoms with Gasteiger partial charge in [-0.3, -0.25) is 4.31 Å². The largest absolute Gasteiger partial charge is 0.325 e. The van der Waals surface area contributed by atoms with Gasteiger partial charge in [0.25, 0.3) is 0 Å². The number of thiol groups is 1. The molecule has 1 aliphatic heterocycles. The molecule has 2 rings (SSSR count). The third-order valence-electron chi connectivity index (χ3n) is 3.45. The fraction of sp³-hybridized carbons (Fsp3) is 0.438. The van der Waals surface area contributed by atoms with Gasteiger partial charge in [0, 0.05) is 11.3 Å². The third kappa shape index (κ3) is 2.78. The first kappa shape index (κ1) is 14.8. The Bertz CT molecular complexity index is 553. The molecule has 0 unspecified atom stereocenters. The Morgan fingerprint density at radius 2 is 1.80 bits per heavy atom. The molecule has 1 aliphatic rings. The van der Waals surface area contributed by atoms with Gasteiger partial charge in [-0.25, -0.2) is 4.99 Å². The van der Waals surface area contributed by atoms with Gasteiger partial charge in [0.15, 0.2) is 0 Å². The minimum absolute atomic E-state index is 0.386. The minimum Gasteiger partial charge on any atom is -0.325 e. The Morgan fingerprint density at radius 1 is 1.25 bits per heavy atom. The van der Waals surface area contributed by atoms with Crippen molar-refractivity contribution in [2.75, 3.05) is 12.0 Å². The van der Waals surface area contributed by atoms with Gasteiger partial charge in [0.2, 0.25) is 5.96 Å². The van der Waals surface area contributed by atoms with E-state index in [-0.39, 0.29) is 0 Å². The number of rotatable bonds is 3. The predicted octanol–water partition coefficient (Wildman–Crippen LogP) is 3.80. The van der Waals surface area contributed by atoms with Crippen LogP contribution in [0.1, 0.15) is 56.2 Å². The summed E-state index contributed by atoms with van der Waals surface area (Å²) >= 11 is 4.33. The normalized spacial score (nSPS) is 14.1. The zero-order chi connectivity index (χ0) is 14.9. The maximum absolute atomic E-state index is 5.58. The van der Waals surface area contributed by atoms with Crippen LogP contribution in [-0.2, 0) is 0 Å². The standard InChI is InChI=1S/C16H21N3S/c1-6-12-7-13(10(2)3)15(14(8-12)11(4)5)18-16-17-9-19(16)20/h1,7-8,10-11,20H,9H2,2-5H3,(H,17,18). The van der Waals surface area contributed by atoms with Gasteiger partial charge >= 0.3 is 0 Å². The molecule has 1 aromatic rings. The highest BCUT2D eigenvalue weighted by Gasteiger charge is 2.21. The average Bonchev–Trinajstić information content (AvgIpc) is 2.41. The van der Waals surface area contributed by atoms with Crippen molar-refractivity contribution in [3.63, 3.8) is 0 Å². The molecule has 0 fully saturated rings. The molecule has 1 aromatic carbocycles. The molecule has 0 saturated heterocycles. The minimum atomic E-state index is 0.386. The number of guanidine groups is 1. The number of nitrogens with one attached hydrogen (secondary N) is 1. The van der Waals surface area contributed by atoms with Crippen LogP contribution in [0, 0.1) is 12.3 Å². The molecule has 0 aliphatic carbocycles. The van der Waals surface area contributed by atoms with E-state index in [9.17, 15) is 0 Å². The van der Waals surface area contributed by atoms with E-state index in [0.717, 1.165) is 17.2 Å². The van der Waals surface area contributed by atoms with Crippen molar-refractivity contribution in [3.8, 4) is 12.3 Å². The van der Waals surface area contributed by atoms with Crippen LogP contribution in [0.3, 0.4) is 0 Å². The molecule has 106 valence electrons. The lowest BCUT2D eigenvalue weighted by Crippen LogP contribution is -2.38. The second-order valence-electron chi connectivity index (χ2n) is 5.63. The molecule has 20 heavy (non-hydrogen) atoms. The summed E-state index contributed by atoms with van der Waals surface area (Å²) < 4.78 is 1.79. The van der Waals surface area contributed by atoms with E-state index < -0.39 is 0 Å². The van der Waals surface area contributed by atoms with Gasteiger partial charge in [-0.2, -0.15) is 0 Å². The van der Waals surface area contributed by atoms with Crippen LogP contribution in [0.25, 0.3) is 0 Å². The van der Waals surface area contributed by atoms with Crippen LogP contribution in [0.15, 0.2) is 17.1 Å². The zero-order valence-corrected chi connectivity index (χ0v) is 13.3. The first-order valence-corrected chi connectivity index (χ1v) is 7.26. The van der Waals surface area contributed by atoms with Gasteiger partial charge in [0.05, 0.1) is 0 Å². The molecule has 4 heteroatoms. The van der Waals surface area contributed by atoms with Crippen molar-refractivity contribution in [2.24, 2.45) is 4.99 Å². The highest BCUT2D eigenvalue weighted by Crippen LogP contribution is 2.34. The molecule has 0 bridgehead atoms. The Balaban J connectivity index is 2.53. The highest BCUT2D eigenvalue weighted by atomic mass is 32.1. The van der Waals surface area contributed by atoms with Crippen LogP contribution in [-0.4, -0.2) is 16.9 Å². The van der Waals surface area contributed by atoms with E-state index in [0.29, 0.717) is 18.5 Å². The molecular formula is C16H21N3S. The second kappa shape index (κ2) is 5.80. The summed E-state index contributed by atoms with van der Waals surface area (Å²) in [6.07, 6.45) is 5.58. The lowest BCUT2D eigenvalue weighted by Gasteiger charge is -2.30. The molecule has 3 nitrogen and oxygen atoms in total. The van der Waals surface area contributed by atoms with Crippen LogP contribution in [0.5, 0.6) is 0 Å². The maximum atomic E-state index is 5.58. The van der Waals surface area contributed by atoms with E-state index in [4.69, 9.17) is 6.42 Å². The van der Waals surface area contributed by atoms with Crippen LogP contribution in [0.2, 0.25) is 0 Å². The fourth-order valence-electron chi connectivity index (χ4n) is 2.25. The Hall–Kier alpha value is -1.60. The van der Waals surface area contributed by atoms with Gasteiger partial charge in [-0.1, -0.05) is 46.4 Å². The monoisotopic (exact) mass is 287 g/mol. The van der Waals surface area contributed by atoms with Gasteiger partial charge < -0.3 is 5.32 Å². The molecule has 0 atom stereocenters. The molecule has 0 spiro atoms. The number of terminal acetylenes is 1. The molecule has 0 amide bonds. The number of benzene rings is 1. The average molecular weight is 287 g/mol. The number of hydrogen-bond donors (Lipinski definition) is 2. The second-order valence-corrected chi connectivity index (χ2v) is 6.11. The predicted molar refractivity (Wildman–Crippen MR) is 89.3 cm³/mol. The van der Waals surface area contributed by atoms with Crippen LogP contribution >= 0.6 is 12.8 Å². The molecule has 1 heterocycles. The summed E-state index contributed by atoms with van der Waals surface area (Å²) in [7, 11) is 0. The molecule has 0 radical (unpaired) electrons. The molecule has 0 saturated carbocycles. The number of aliphatic imine (C=N–C) groups is 1. The van der Waals surface area contributed by atoms with Gasteiger partial charge in [-0.05, 0) is 35.1 Å². The summed E-state index contributed by atoms with van der Waals surface area (Å²) in [5.74, 6) is 4.32. The van der Waals surface area contributed by atoms with E-state index in [1.54, 1.807) is 4.31 Å². The Labute approximate surface area is 127 Å². The quantitative estimate of drug-likeness (QED) is 0.653. The third-order valence-corrected chi connectivity index (χ3v) is 3.76. The highest BCUT2D eigenvalue weighted by molar-refractivity contribution is 7.78. The number of anilines is 1. The van der Waals surface area contributed by atoms with Crippen molar-refractivity contribution < 1.29 is 0 Å². The fourth-order valence-corrected chi connectivity index (χ4v) is 2.42. The maximum Gasteiger partial charge on any atom is 0.212 e. The Morgan fingerprint density at radius 3 is 2.10 bits per heavy atom. The summed E-state index contributed by atoms with van der Waals surface area (Å²) in [5, 5.41) is 3.41. The van der Waals surface area contributed by atoms with E-state index >= 15 is 0 Å². The van der Waals surface area contributed by atoms with Gasteiger partial charge in [-0.15, -0.1) is 6.42 Å². The summed E-state index contributed by atoms with van der Waals surface area (Å²) in [6.45, 7) is 9.32. The van der Waals surface area contributed by atoms with E-state index in [1.165, 1.54) is 11.1 Å². The summed E-state index contributed by atoms with van der Waals surface area (Å²) in [6, 6.07) is 4.17. The van der Waals surface area contributed by atoms with Crippen LogP contribution < -0.4 is 5.32 Å². The van der Waals surface area contributed by atoms with Crippen molar-refractivity contribution in [3.05, 3.63) is 28.8 Å². The molecule has 1 N–H and O–H groups in total. The lowest BCUT2D eigenvalue weighted by atomic mass is 9.90. The molecular weight excluding hydrogens is 266 g/mol. The van der Waals surface area contributed by atoms with Crippen LogP contribution in [0.4, 0.5) is 5.69 Å². The topological polar surface area (TPSA) is 27.6 Å². The zero-order valence-electron chi connectivity index (χ0n) is 12.4. The smallest absolute Gasteiger partial charge is 0.212 e. The SMILES string of the molecule is C#Cc1cc(C(C)C)c(NC2=NCN2S)c(C(C)C)c1. The van der Waals surface area contributed by atoms with Crippen molar-refractivity contribution >= 4 is 24.5 Å². The van der Waals surface area contributed by atoms with E-state index in [1.807, 2.05) is 0 Å². The first-order valence-electron chi connectivity index (χ1n) is 6.86. The van der Waals surface area contributed by atoms with Crippen molar-refractivity contribution in [1.82, 2.24) is 4.31 Å². The van der Waals surface area contributed by atoms with Crippen molar-refractivity contribution in [1.29, 1.82) is 0 Å². The van der Waals surface area contributed by atoms with E-state index in [2.05, 4.69) is 68.9 Å². The Kier molecular flexibility index (Phi) is 4.29. The lowest BCUT2D eigenvalue weighted by molar-refractivity contribution is 0.621. The summed E-state index contributed by atoms with van der Waals surface area (Å²) in [5.41, 5.74) is 4.49. The van der Waals surface area contributed by atoms with Gasteiger partial charge in [0.1, 0.15) is 6.67 Å².